The van der Waals surface area contributed by atoms with E-state index >= 15 is 0 Å². The summed E-state index contributed by atoms with van der Waals surface area (Å²) in [6, 6.07) is 4.95. The van der Waals surface area contributed by atoms with Crippen LogP contribution in [0.1, 0.15) is 36.0 Å². The van der Waals surface area contributed by atoms with Crippen LogP contribution in [0, 0.1) is 5.92 Å². The van der Waals surface area contributed by atoms with E-state index in [-0.39, 0.29) is 5.91 Å². The summed E-state index contributed by atoms with van der Waals surface area (Å²) in [7, 11) is 0. The lowest BCUT2D eigenvalue weighted by Gasteiger charge is -2.11. The van der Waals surface area contributed by atoms with Crippen LogP contribution >= 0.6 is 11.6 Å². The average Bonchev–Trinajstić information content (AvgIpc) is 2.78. The Hall–Kier alpha value is -1.22. The lowest BCUT2D eigenvalue weighted by atomic mass is 10.1. The number of carbonyl (C=O) groups excluding carboxylic acids is 1. The van der Waals surface area contributed by atoms with Crippen molar-refractivity contribution in [1.82, 2.24) is 5.32 Å². The Bertz CT molecular complexity index is 414. The van der Waals surface area contributed by atoms with Crippen molar-refractivity contribution in [3.8, 4) is 0 Å². The molecule has 1 aromatic rings. The lowest BCUT2D eigenvalue weighted by molar-refractivity contribution is 0.0948. The number of rotatable bonds is 3. The third-order valence-electron chi connectivity index (χ3n) is 3.28. The van der Waals surface area contributed by atoms with E-state index in [1.807, 2.05) is 0 Å². The number of benzene rings is 1. The molecule has 0 aliphatic heterocycles. The highest BCUT2D eigenvalue weighted by Gasteiger charge is 2.17. The van der Waals surface area contributed by atoms with Gasteiger partial charge in [-0.25, -0.2) is 0 Å². The van der Waals surface area contributed by atoms with E-state index in [1.165, 1.54) is 25.7 Å². The molecule has 0 atom stereocenters. The van der Waals surface area contributed by atoms with Crippen molar-refractivity contribution < 1.29 is 4.79 Å². The minimum absolute atomic E-state index is 0.105. The summed E-state index contributed by atoms with van der Waals surface area (Å²) in [5.74, 6) is 0.526. The quantitative estimate of drug-likeness (QED) is 0.813. The number of hydrogen-bond donors (Lipinski definition) is 2. The molecule has 0 spiro atoms. The van der Waals surface area contributed by atoms with Crippen LogP contribution in [0.2, 0.25) is 5.02 Å². The van der Waals surface area contributed by atoms with Gasteiger partial charge in [-0.05, 0) is 37.0 Å². The zero-order valence-electron chi connectivity index (χ0n) is 9.71. The molecule has 1 aliphatic rings. The Kier molecular flexibility index (Phi) is 3.89. The fraction of sp³-hybridized carbons (Fsp3) is 0.462. The van der Waals surface area contributed by atoms with Gasteiger partial charge < -0.3 is 11.1 Å². The predicted octanol–water partition coefficient (Wildman–Crippen LogP) is 2.84. The number of nitrogens with two attached hydrogens (primary N) is 1. The van der Waals surface area contributed by atoms with Crippen LogP contribution in [0.3, 0.4) is 0 Å². The maximum atomic E-state index is 11.9. The summed E-state index contributed by atoms with van der Waals surface area (Å²) >= 11 is 5.79. The molecule has 3 N–H and O–H groups in total. The van der Waals surface area contributed by atoms with Crippen molar-refractivity contribution in [3.63, 3.8) is 0 Å². The van der Waals surface area contributed by atoms with Crippen molar-refractivity contribution in [2.45, 2.75) is 25.7 Å². The molecule has 0 bridgehead atoms. The van der Waals surface area contributed by atoms with E-state index < -0.39 is 0 Å². The second kappa shape index (κ2) is 5.41. The van der Waals surface area contributed by atoms with Gasteiger partial charge in [-0.1, -0.05) is 24.4 Å². The number of nitrogen functional groups attached to an aromatic ring is 1. The molecule has 2 rings (SSSR count). The molecule has 17 heavy (non-hydrogen) atoms. The standard InChI is InChI=1S/C13H17ClN2O/c14-10-5-6-11(12(15)7-10)13(17)16-8-9-3-1-2-4-9/h5-7,9H,1-4,8,15H2,(H,16,17). The van der Waals surface area contributed by atoms with Crippen molar-refractivity contribution in [1.29, 1.82) is 0 Å². The molecule has 1 saturated carbocycles. The minimum Gasteiger partial charge on any atom is -0.398 e. The van der Waals surface area contributed by atoms with Gasteiger partial charge in [0.2, 0.25) is 0 Å². The maximum Gasteiger partial charge on any atom is 0.253 e. The van der Waals surface area contributed by atoms with E-state index in [9.17, 15) is 4.79 Å². The minimum atomic E-state index is -0.105. The normalized spacial score (nSPS) is 16.1. The molecule has 1 amide bonds. The Morgan fingerprint density at radius 3 is 2.76 bits per heavy atom. The van der Waals surface area contributed by atoms with Gasteiger partial charge in [0, 0.05) is 17.3 Å². The summed E-state index contributed by atoms with van der Waals surface area (Å²) in [5.41, 5.74) is 6.70. The second-order valence-corrected chi connectivity index (χ2v) is 5.03. The van der Waals surface area contributed by atoms with Gasteiger partial charge in [0.25, 0.3) is 5.91 Å². The van der Waals surface area contributed by atoms with Crippen LogP contribution in [0.4, 0.5) is 5.69 Å². The summed E-state index contributed by atoms with van der Waals surface area (Å²) < 4.78 is 0. The summed E-state index contributed by atoms with van der Waals surface area (Å²) in [5, 5.41) is 3.49. The SMILES string of the molecule is Nc1cc(Cl)ccc1C(=O)NCC1CCCC1. The highest BCUT2D eigenvalue weighted by Crippen LogP contribution is 2.24. The molecule has 0 saturated heterocycles. The molecule has 1 aliphatic carbocycles. The first-order valence-corrected chi connectivity index (χ1v) is 6.38. The van der Waals surface area contributed by atoms with Crippen LogP contribution in [0.5, 0.6) is 0 Å². The smallest absolute Gasteiger partial charge is 0.253 e. The Morgan fingerprint density at radius 1 is 1.41 bits per heavy atom. The molecule has 92 valence electrons. The van der Waals surface area contributed by atoms with E-state index in [0.717, 1.165) is 6.54 Å². The number of amides is 1. The average molecular weight is 253 g/mol. The molecule has 0 unspecified atom stereocenters. The van der Waals surface area contributed by atoms with Crippen LogP contribution in [-0.4, -0.2) is 12.5 Å². The van der Waals surface area contributed by atoms with E-state index in [1.54, 1.807) is 18.2 Å². The summed E-state index contributed by atoms with van der Waals surface area (Å²) in [4.78, 5) is 11.9. The largest absolute Gasteiger partial charge is 0.398 e. The van der Waals surface area contributed by atoms with Gasteiger partial charge >= 0.3 is 0 Å². The van der Waals surface area contributed by atoms with Crippen LogP contribution < -0.4 is 11.1 Å². The zero-order valence-corrected chi connectivity index (χ0v) is 10.5. The highest BCUT2D eigenvalue weighted by molar-refractivity contribution is 6.31. The number of halogens is 1. The van der Waals surface area contributed by atoms with Crippen molar-refractivity contribution >= 4 is 23.2 Å². The fourth-order valence-corrected chi connectivity index (χ4v) is 2.47. The first kappa shape index (κ1) is 12.2. The zero-order chi connectivity index (χ0) is 12.3. The number of nitrogens with one attached hydrogen (secondary N) is 1. The first-order valence-electron chi connectivity index (χ1n) is 6.00. The maximum absolute atomic E-state index is 11.9. The second-order valence-electron chi connectivity index (χ2n) is 4.59. The molecule has 1 fully saturated rings. The van der Waals surface area contributed by atoms with E-state index in [4.69, 9.17) is 17.3 Å². The third-order valence-corrected chi connectivity index (χ3v) is 3.52. The Morgan fingerprint density at radius 2 is 2.12 bits per heavy atom. The number of carbonyl (C=O) groups is 1. The third kappa shape index (κ3) is 3.13. The molecular formula is C13H17ClN2O. The Balaban J connectivity index is 1.94. The summed E-state index contributed by atoms with van der Waals surface area (Å²) in [6.45, 7) is 0.751. The van der Waals surface area contributed by atoms with Gasteiger partial charge in [-0.2, -0.15) is 0 Å². The van der Waals surface area contributed by atoms with Gasteiger partial charge in [-0.15, -0.1) is 0 Å². The van der Waals surface area contributed by atoms with Gasteiger partial charge in [0.15, 0.2) is 0 Å². The topological polar surface area (TPSA) is 55.1 Å². The molecule has 4 heteroatoms. The lowest BCUT2D eigenvalue weighted by Crippen LogP contribution is -2.28. The molecule has 0 heterocycles. The van der Waals surface area contributed by atoms with Crippen LogP contribution in [0.25, 0.3) is 0 Å². The molecular weight excluding hydrogens is 236 g/mol. The van der Waals surface area contributed by atoms with Crippen molar-refractivity contribution in [2.75, 3.05) is 12.3 Å². The van der Waals surface area contributed by atoms with Crippen molar-refractivity contribution in [2.24, 2.45) is 5.92 Å². The van der Waals surface area contributed by atoms with E-state index in [2.05, 4.69) is 5.32 Å². The fourth-order valence-electron chi connectivity index (χ4n) is 2.29. The van der Waals surface area contributed by atoms with E-state index in [0.29, 0.717) is 22.2 Å². The summed E-state index contributed by atoms with van der Waals surface area (Å²) in [6.07, 6.45) is 5.00. The molecule has 3 nitrogen and oxygen atoms in total. The number of hydrogen-bond acceptors (Lipinski definition) is 2. The van der Waals surface area contributed by atoms with Gasteiger partial charge in [-0.3, -0.25) is 4.79 Å². The molecule has 0 radical (unpaired) electrons. The highest BCUT2D eigenvalue weighted by atomic mass is 35.5. The Labute approximate surface area is 106 Å². The molecule has 1 aromatic carbocycles. The number of anilines is 1. The van der Waals surface area contributed by atoms with Crippen molar-refractivity contribution in [3.05, 3.63) is 28.8 Å². The monoisotopic (exact) mass is 252 g/mol. The van der Waals surface area contributed by atoms with Gasteiger partial charge in [0.1, 0.15) is 0 Å². The van der Waals surface area contributed by atoms with Gasteiger partial charge in [0.05, 0.1) is 5.56 Å². The molecule has 0 aromatic heterocycles. The predicted molar refractivity (Wildman–Crippen MR) is 70.2 cm³/mol. The first-order chi connectivity index (χ1) is 8.16. The van der Waals surface area contributed by atoms with Crippen LogP contribution in [0.15, 0.2) is 18.2 Å². The van der Waals surface area contributed by atoms with Crippen LogP contribution in [-0.2, 0) is 0 Å².